The second-order valence-electron chi connectivity index (χ2n) is 5.80. The van der Waals surface area contributed by atoms with Crippen molar-refractivity contribution < 1.29 is 9.84 Å². The second kappa shape index (κ2) is 6.72. The molecule has 0 aromatic heterocycles. The molecule has 1 N–H and O–H groups in total. The van der Waals surface area contributed by atoms with Gasteiger partial charge < -0.3 is 14.7 Å². The molecule has 1 aliphatic carbocycles. The number of rotatable bonds is 5. The summed E-state index contributed by atoms with van der Waals surface area (Å²) in [5.41, 5.74) is 0. The van der Waals surface area contributed by atoms with Gasteiger partial charge in [-0.2, -0.15) is 0 Å². The minimum Gasteiger partial charge on any atom is -0.389 e. The van der Waals surface area contributed by atoms with E-state index < -0.39 is 0 Å². The van der Waals surface area contributed by atoms with Gasteiger partial charge in [-0.3, -0.25) is 0 Å². The summed E-state index contributed by atoms with van der Waals surface area (Å²) in [5, 5.41) is 9.98. The fourth-order valence-corrected chi connectivity index (χ4v) is 3.09. The van der Waals surface area contributed by atoms with Crippen LogP contribution in [0.5, 0.6) is 0 Å². The zero-order valence-corrected chi connectivity index (χ0v) is 11.1. The first-order valence-corrected chi connectivity index (χ1v) is 7.27. The normalized spacial score (nSPS) is 32.8. The molecule has 0 spiro atoms. The highest BCUT2D eigenvalue weighted by atomic mass is 16.5. The molecule has 3 nitrogen and oxygen atoms in total. The Morgan fingerprint density at radius 3 is 2.59 bits per heavy atom. The van der Waals surface area contributed by atoms with Crippen LogP contribution in [0.25, 0.3) is 0 Å². The van der Waals surface area contributed by atoms with Gasteiger partial charge in [0.2, 0.25) is 0 Å². The van der Waals surface area contributed by atoms with Crippen LogP contribution in [0.1, 0.15) is 45.4 Å². The van der Waals surface area contributed by atoms with Gasteiger partial charge in [0.15, 0.2) is 0 Å². The van der Waals surface area contributed by atoms with Gasteiger partial charge >= 0.3 is 0 Å². The molecule has 0 aromatic rings. The molecular formula is C14H27NO2. The van der Waals surface area contributed by atoms with Crippen molar-refractivity contribution in [1.82, 2.24) is 4.90 Å². The lowest BCUT2D eigenvalue weighted by molar-refractivity contribution is -0.0331. The van der Waals surface area contributed by atoms with E-state index in [1.165, 1.54) is 38.5 Å². The van der Waals surface area contributed by atoms with E-state index >= 15 is 0 Å². The summed E-state index contributed by atoms with van der Waals surface area (Å²) in [6.45, 7) is 5.87. The third-order valence-corrected chi connectivity index (χ3v) is 4.20. The van der Waals surface area contributed by atoms with Gasteiger partial charge in [0.1, 0.15) is 0 Å². The summed E-state index contributed by atoms with van der Waals surface area (Å²) in [7, 11) is 0. The molecule has 1 heterocycles. The third kappa shape index (κ3) is 4.23. The van der Waals surface area contributed by atoms with E-state index in [9.17, 15) is 5.11 Å². The minimum atomic E-state index is -0.305. The van der Waals surface area contributed by atoms with Crippen molar-refractivity contribution in [1.29, 1.82) is 0 Å². The van der Waals surface area contributed by atoms with Crippen LogP contribution in [0.2, 0.25) is 0 Å². The van der Waals surface area contributed by atoms with Crippen LogP contribution >= 0.6 is 0 Å². The third-order valence-electron chi connectivity index (χ3n) is 4.20. The second-order valence-corrected chi connectivity index (χ2v) is 5.80. The zero-order chi connectivity index (χ0) is 12.1. The van der Waals surface area contributed by atoms with Gasteiger partial charge in [-0.25, -0.2) is 0 Å². The predicted octanol–water partition coefficient (Wildman–Crippen LogP) is 2.04. The number of hydrogen-bond donors (Lipinski definition) is 1. The first-order valence-electron chi connectivity index (χ1n) is 7.27. The molecular weight excluding hydrogens is 214 g/mol. The predicted molar refractivity (Wildman–Crippen MR) is 69.1 cm³/mol. The Labute approximate surface area is 105 Å². The van der Waals surface area contributed by atoms with Crippen molar-refractivity contribution in [3.05, 3.63) is 0 Å². The van der Waals surface area contributed by atoms with Crippen molar-refractivity contribution in [3.8, 4) is 0 Å². The summed E-state index contributed by atoms with van der Waals surface area (Å²) in [4.78, 5) is 2.37. The summed E-state index contributed by atoms with van der Waals surface area (Å²) < 4.78 is 5.84. The molecule has 1 saturated heterocycles. The molecule has 2 fully saturated rings. The van der Waals surface area contributed by atoms with Crippen molar-refractivity contribution in [2.24, 2.45) is 5.92 Å². The molecule has 3 heteroatoms. The van der Waals surface area contributed by atoms with Crippen LogP contribution in [-0.2, 0) is 4.74 Å². The topological polar surface area (TPSA) is 32.7 Å². The molecule has 0 radical (unpaired) electrons. The van der Waals surface area contributed by atoms with E-state index in [0.29, 0.717) is 18.6 Å². The maximum absolute atomic E-state index is 9.98. The van der Waals surface area contributed by atoms with Crippen LogP contribution in [-0.4, -0.2) is 48.5 Å². The van der Waals surface area contributed by atoms with Gasteiger partial charge in [-0.1, -0.05) is 19.8 Å². The fraction of sp³-hybridized carbons (Fsp3) is 1.00. The first-order chi connectivity index (χ1) is 8.25. The SMILES string of the molecule is CC1CCCC1OCC(O)CN1CCCCC1. The highest BCUT2D eigenvalue weighted by molar-refractivity contribution is 4.75. The van der Waals surface area contributed by atoms with Crippen molar-refractivity contribution in [2.45, 2.75) is 57.7 Å². The van der Waals surface area contributed by atoms with E-state index in [1.54, 1.807) is 0 Å². The molecule has 3 atom stereocenters. The maximum Gasteiger partial charge on any atom is 0.0900 e. The van der Waals surface area contributed by atoms with E-state index in [2.05, 4.69) is 11.8 Å². The van der Waals surface area contributed by atoms with Gasteiger partial charge in [0.05, 0.1) is 18.8 Å². The van der Waals surface area contributed by atoms with Gasteiger partial charge in [-0.05, 0) is 44.7 Å². The molecule has 0 amide bonds. The largest absolute Gasteiger partial charge is 0.389 e. The number of ether oxygens (including phenoxy) is 1. The molecule has 100 valence electrons. The smallest absolute Gasteiger partial charge is 0.0900 e. The highest BCUT2D eigenvalue weighted by Gasteiger charge is 2.25. The Kier molecular flexibility index (Phi) is 5.26. The standard InChI is InChI=1S/C14H27NO2/c1-12-6-5-7-14(12)17-11-13(16)10-15-8-3-2-4-9-15/h12-14,16H,2-11H2,1H3. The Morgan fingerprint density at radius 1 is 1.18 bits per heavy atom. The Hall–Kier alpha value is -0.120. The number of nitrogens with zero attached hydrogens (tertiary/aromatic N) is 1. The lowest BCUT2D eigenvalue weighted by Gasteiger charge is -2.29. The van der Waals surface area contributed by atoms with Crippen molar-refractivity contribution in [2.75, 3.05) is 26.2 Å². The number of piperidine rings is 1. The maximum atomic E-state index is 9.98. The Morgan fingerprint density at radius 2 is 1.94 bits per heavy atom. The summed E-state index contributed by atoms with van der Waals surface area (Å²) in [6, 6.07) is 0. The van der Waals surface area contributed by atoms with Crippen LogP contribution < -0.4 is 0 Å². The van der Waals surface area contributed by atoms with Crippen LogP contribution in [0.4, 0.5) is 0 Å². The van der Waals surface area contributed by atoms with Crippen LogP contribution in [0.3, 0.4) is 0 Å². The number of aliphatic hydroxyl groups excluding tert-OH is 1. The molecule has 3 unspecified atom stereocenters. The van der Waals surface area contributed by atoms with E-state index in [4.69, 9.17) is 4.74 Å². The molecule has 2 aliphatic rings. The molecule has 17 heavy (non-hydrogen) atoms. The van der Waals surface area contributed by atoms with Gasteiger partial charge in [-0.15, -0.1) is 0 Å². The van der Waals surface area contributed by atoms with Crippen LogP contribution in [0, 0.1) is 5.92 Å². The van der Waals surface area contributed by atoms with Gasteiger partial charge in [0, 0.05) is 6.54 Å². The summed E-state index contributed by atoms with van der Waals surface area (Å²) in [5.74, 6) is 0.678. The zero-order valence-electron chi connectivity index (χ0n) is 11.1. The molecule has 2 rings (SSSR count). The van der Waals surface area contributed by atoms with Crippen molar-refractivity contribution in [3.63, 3.8) is 0 Å². The summed E-state index contributed by atoms with van der Waals surface area (Å²) >= 11 is 0. The average molecular weight is 241 g/mol. The average Bonchev–Trinajstić information content (AvgIpc) is 2.74. The van der Waals surface area contributed by atoms with E-state index in [0.717, 1.165) is 19.6 Å². The van der Waals surface area contributed by atoms with E-state index in [-0.39, 0.29) is 6.10 Å². The Bertz CT molecular complexity index is 216. The molecule has 0 aromatic carbocycles. The number of hydrogen-bond acceptors (Lipinski definition) is 3. The van der Waals surface area contributed by atoms with Crippen LogP contribution in [0.15, 0.2) is 0 Å². The lowest BCUT2D eigenvalue weighted by atomic mass is 10.1. The minimum absolute atomic E-state index is 0.305. The number of β-amino-alcohol motifs (C(OH)–C–C–N with tert-alkyl or cyclic N) is 1. The van der Waals surface area contributed by atoms with Crippen molar-refractivity contribution >= 4 is 0 Å². The van der Waals surface area contributed by atoms with Gasteiger partial charge in [0.25, 0.3) is 0 Å². The Balaban J connectivity index is 1.61. The quantitative estimate of drug-likeness (QED) is 0.799. The summed E-state index contributed by atoms with van der Waals surface area (Å²) in [6.07, 6.45) is 7.76. The molecule has 1 aliphatic heterocycles. The van der Waals surface area contributed by atoms with E-state index in [1.807, 2.05) is 0 Å². The number of likely N-dealkylation sites (tertiary alicyclic amines) is 1. The monoisotopic (exact) mass is 241 g/mol. The molecule has 0 bridgehead atoms. The molecule has 1 saturated carbocycles. The fourth-order valence-electron chi connectivity index (χ4n) is 3.09. The first kappa shape index (κ1) is 13.3. The highest BCUT2D eigenvalue weighted by Crippen LogP contribution is 2.27. The lowest BCUT2D eigenvalue weighted by Crippen LogP contribution is -2.38. The number of aliphatic hydroxyl groups is 1.